The summed E-state index contributed by atoms with van der Waals surface area (Å²) in [4.78, 5) is 63.4. The molecule has 13 nitrogen and oxygen atoms in total. The van der Waals surface area contributed by atoms with Gasteiger partial charge in [0.2, 0.25) is 11.8 Å². The average Bonchev–Trinajstić information content (AvgIpc) is 3.57. The highest BCUT2D eigenvalue weighted by Gasteiger charge is 2.39. The number of imide groups is 1. The number of aromatic nitrogens is 3. The number of likely N-dealkylation sites (tertiary alicyclic amines) is 1. The van der Waals surface area contributed by atoms with Crippen LogP contribution >= 0.6 is 0 Å². The molecule has 0 radical (unpaired) electrons. The standard InChI is InChI=1S/C22H24N8O5/c23-22(35)28-6-5-12(9-28)8-24-19(32)16-11-30(27-26-16)14-2-1-13-10-29(21(34)15(13)7-14)17-3-4-18(31)25-20(17)33/h1-2,7,11-12,17H,3-6,8-10H2,(H2,23,35)(H,24,32)(H,25,31,33). The van der Waals surface area contributed by atoms with Gasteiger partial charge in [-0.1, -0.05) is 11.3 Å². The van der Waals surface area contributed by atoms with Crippen molar-refractivity contribution >= 4 is 29.7 Å². The van der Waals surface area contributed by atoms with Crippen molar-refractivity contribution in [2.24, 2.45) is 11.7 Å². The van der Waals surface area contributed by atoms with Crippen molar-refractivity contribution in [3.8, 4) is 5.69 Å². The van der Waals surface area contributed by atoms with Crippen LogP contribution < -0.4 is 16.4 Å². The fraction of sp³-hybridized carbons (Fsp3) is 0.409. The van der Waals surface area contributed by atoms with Gasteiger partial charge in [-0.3, -0.25) is 24.5 Å². The molecular weight excluding hydrogens is 456 g/mol. The third kappa shape index (κ3) is 4.32. The van der Waals surface area contributed by atoms with Gasteiger partial charge in [-0.05, 0) is 36.5 Å². The van der Waals surface area contributed by atoms with E-state index < -0.39 is 23.9 Å². The first-order valence-electron chi connectivity index (χ1n) is 11.3. The summed E-state index contributed by atoms with van der Waals surface area (Å²) in [6.07, 6.45) is 2.71. The Morgan fingerprint density at radius 3 is 2.77 bits per heavy atom. The van der Waals surface area contributed by atoms with Crippen LogP contribution in [0.1, 0.15) is 45.7 Å². The minimum Gasteiger partial charge on any atom is -0.351 e. The maximum absolute atomic E-state index is 13.0. The second kappa shape index (κ2) is 8.81. The van der Waals surface area contributed by atoms with E-state index in [2.05, 4.69) is 20.9 Å². The lowest BCUT2D eigenvalue weighted by molar-refractivity contribution is -0.136. The molecule has 3 aliphatic heterocycles. The largest absolute Gasteiger partial charge is 0.351 e. The monoisotopic (exact) mass is 480 g/mol. The number of nitrogens with two attached hydrogens (primary N) is 1. The molecular formula is C22H24N8O5. The lowest BCUT2D eigenvalue weighted by Crippen LogP contribution is -2.52. The maximum Gasteiger partial charge on any atom is 0.314 e. The van der Waals surface area contributed by atoms with E-state index in [9.17, 15) is 24.0 Å². The molecule has 6 amide bonds. The van der Waals surface area contributed by atoms with Crippen molar-refractivity contribution in [3.63, 3.8) is 0 Å². The van der Waals surface area contributed by atoms with Gasteiger partial charge >= 0.3 is 6.03 Å². The van der Waals surface area contributed by atoms with Gasteiger partial charge in [0.05, 0.1) is 11.9 Å². The molecule has 2 unspecified atom stereocenters. The predicted octanol–water partition coefficient (Wildman–Crippen LogP) is -0.841. The average molecular weight is 480 g/mol. The third-order valence-electron chi connectivity index (χ3n) is 6.65. The summed E-state index contributed by atoms with van der Waals surface area (Å²) in [5.74, 6) is -1.36. The van der Waals surface area contributed by atoms with Crippen LogP contribution in [0.5, 0.6) is 0 Å². The molecule has 4 heterocycles. The van der Waals surface area contributed by atoms with Crippen LogP contribution in [0.2, 0.25) is 0 Å². The van der Waals surface area contributed by atoms with E-state index in [4.69, 9.17) is 5.73 Å². The quantitative estimate of drug-likeness (QED) is 0.468. The molecule has 2 fully saturated rings. The molecule has 0 bridgehead atoms. The topological polar surface area (TPSA) is 173 Å². The summed E-state index contributed by atoms with van der Waals surface area (Å²) in [6, 6.07) is 4.03. The molecule has 2 atom stereocenters. The molecule has 0 aliphatic carbocycles. The molecule has 13 heteroatoms. The molecule has 2 saturated heterocycles. The van der Waals surface area contributed by atoms with Crippen molar-refractivity contribution in [3.05, 3.63) is 41.2 Å². The predicted molar refractivity (Wildman–Crippen MR) is 119 cm³/mol. The Morgan fingerprint density at radius 1 is 1.20 bits per heavy atom. The number of piperidine rings is 1. The summed E-state index contributed by atoms with van der Waals surface area (Å²) in [7, 11) is 0. The van der Waals surface area contributed by atoms with Crippen LogP contribution in [0.25, 0.3) is 5.69 Å². The summed E-state index contributed by atoms with van der Waals surface area (Å²) < 4.78 is 1.40. The van der Waals surface area contributed by atoms with Crippen LogP contribution in [-0.2, 0) is 16.1 Å². The van der Waals surface area contributed by atoms with E-state index in [1.807, 2.05) is 0 Å². The van der Waals surface area contributed by atoms with E-state index in [-0.39, 0.29) is 36.4 Å². The summed E-state index contributed by atoms with van der Waals surface area (Å²) in [5.41, 5.74) is 7.16. The van der Waals surface area contributed by atoms with Crippen LogP contribution in [0.3, 0.4) is 0 Å². The minimum atomic E-state index is -0.687. The molecule has 182 valence electrons. The molecule has 1 aromatic heterocycles. The molecule has 2 aromatic rings. The Morgan fingerprint density at radius 2 is 2.03 bits per heavy atom. The lowest BCUT2D eigenvalue weighted by Gasteiger charge is -2.29. The summed E-state index contributed by atoms with van der Waals surface area (Å²) >= 11 is 0. The SMILES string of the molecule is NC(=O)N1CCC(CNC(=O)c2cn(-c3ccc4c(c3)C(=O)N(C3CCC(=O)NC3=O)C4)nn2)C1. The second-order valence-electron chi connectivity index (χ2n) is 8.94. The normalized spacial score (nSPS) is 21.8. The Hall–Kier alpha value is -4.29. The molecule has 1 aromatic carbocycles. The zero-order valence-electron chi connectivity index (χ0n) is 18.8. The fourth-order valence-electron chi connectivity index (χ4n) is 4.71. The zero-order valence-corrected chi connectivity index (χ0v) is 18.8. The maximum atomic E-state index is 13.0. The first-order valence-corrected chi connectivity index (χ1v) is 11.3. The van der Waals surface area contributed by atoms with Gasteiger partial charge in [0, 0.05) is 38.2 Å². The lowest BCUT2D eigenvalue weighted by atomic mass is 10.0. The summed E-state index contributed by atoms with van der Waals surface area (Å²) in [6.45, 7) is 1.74. The number of carbonyl (C=O) groups excluding carboxylic acids is 5. The minimum absolute atomic E-state index is 0.117. The van der Waals surface area contributed by atoms with Crippen LogP contribution in [0, 0.1) is 5.92 Å². The third-order valence-corrected chi connectivity index (χ3v) is 6.65. The zero-order chi connectivity index (χ0) is 24.7. The number of amides is 6. The van der Waals surface area contributed by atoms with Gasteiger partial charge in [0.1, 0.15) is 6.04 Å². The van der Waals surface area contributed by atoms with Gasteiger partial charge in [0.25, 0.3) is 11.8 Å². The second-order valence-corrected chi connectivity index (χ2v) is 8.94. The van der Waals surface area contributed by atoms with E-state index in [1.165, 1.54) is 15.8 Å². The van der Waals surface area contributed by atoms with Gasteiger partial charge in [0.15, 0.2) is 5.69 Å². The number of urea groups is 1. The highest BCUT2D eigenvalue weighted by molar-refractivity contribution is 6.05. The molecule has 35 heavy (non-hydrogen) atoms. The van der Waals surface area contributed by atoms with Gasteiger partial charge in [-0.25, -0.2) is 9.48 Å². The fourth-order valence-corrected chi connectivity index (χ4v) is 4.71. The Bertz CT molecular complexity index is 1240. The number of hydrogen-bond acceptors (Lipinski definition) is 7. The smallest absolute Gasteiger partial charge is 0.314 e. The molecule has 0 saturated carbocycles. The van der Waals surface area contributed by atoms with Gasteiger partial charge in [-0.2, -0.15) is 0 Å². The van der Waals surface area contributed by atoms with Crippen LogP contribution in [-0.4, -0.2) is 80.1 Å². The number of fused-ring (bicyclic) bond motifs is 1. The van der Waals surface area contributed by atoms with Gasteiger partial charge < -0.3 is 20.9 Å². The van der Waals surface area contributed by atoms with Gasteiger partial charge in [-0.15, -0.1) is 5.10 Å². The van der Waals surface area contributed by atoms with Crippen LogP contribution in [0.4, 0.5) is 4.79 Å². The number of carbonyl (C=O) groups is 5. The number of nitrogens with one attached hydrogen (secondary N) is 2. The molecule has 3 aliphatic rings. The number of hydrogen-bond donors (Lipinski definition) is 3. The molecule has 0 spiro atoms. The highest BCUT2D eigenvalue weighted by Crippen LogP contribution is 2.29. The summed E-state index contributed by atoms with van der Waals surface area (Å²) in [5, 5.41) is 13.0. The van der Waals surface area contributed by atoms with Crippen molar-refractivity contribution in [1.82, 2.24) is 35.4 Å². The first kappa shape index (κ1) is 22.5. The Kier molecular flexibility index (Phi) is 5.67. The number of benzene rings is 1. The molecule has 4 N–H and O–H groups in total. The van der Waals surface area contributed by atoms with E-state index >= 15 is 0 Å². The first-order chi connectivity index (χ1) is 16.8. The highest BCUT2D eigenvalue weighted by atomic mass is 16.2. The van der Waals surface area contributed by atoms with Crippen molar-refractivity contribution in [2.75, 3.05) is 19.6 Å². The van der Waals surface area contributed by atoms with E-state index in [1.54, 1.807) is 23.1 Å². The Balaban J connectivity index is 1.24. The number of rotatable bonds is 5. The van der Waals surface area contributed by atoms with E-state index in [0.29, 0.717) is 37.3 Å². The van der Waals surface area contributed by atoms with Crippen LogP contribution in [0.15, 0.2) is 24.4 Å². The number of nitrogens with zero attached hydrogens (tertiary/aromatic N) is 5. The van der Waals surface area contributed by atoms with Crippen molar-refractivity contribution < 1.29 is 24.0 Å². The van der Waals surface area contributed by atoms with Crippen molar-refractivity contribution in [1.29, 1.82) is 0 Å². The van der Waals surface area contributed by atoms with E-state index in [0.717, 1.165) is 12.0 Å². The molecule has 5 rings (SSSR count). The Labute approximate surface area is 199 Å². The van der Waals surface area contributed by atoms with Crippen molar-refractivity contribution in [2.45, 2.75) is 31.8 Å². The number of primary amides is 1.